The van der Waals surface area contributed by atoms with Gasteiger partial charge in [-0.05, 0) is 49.8 Å². The molecule has 1 aliphatic heterocycles. The van der Waals surface area contributed by atoms with E-state index in [0.717, 1.165) is 5.56 Å². The van der Waals surface area contributed by atoms with Gasteiger partial charge in [0.05, 0.1) is 0 Å². The van der Waals surface area contributed by atoms with Crippen molar-refractivity contribution in [2.45, 2.75) is 45.7 Å². The predicted molar refractivity (Wildman–Crippen MR) is 120 cm³/mol. The molecular weight excluding hydrogens is 425 g/mol. The summed E-state index contributed by atoms with van der Waals surface area (Å²) in [5.74, 6) is -0.251. The van der Waals surface area contributed by atoms with Crippen LogP contribution in [-0.4, -0.2) is 63.5 Å². The second-order valence-electron chi connectivity index (χ2n) is 8.73. The quantitative estimate of drug-likeness (QED) is 0.629. The molecule has 0 bridgehead atoms. The molecule has 4 rings (SSSR count). The lowest BCUT2D eigenvalue weighted by molar-refractivity contribution is -0.121. The largest absolute Gasteiger partial charge is 0.356 e. The third-order valence-corrected chi connectivity index (χ3v) is 6.15. The Balaban J connectivity index is 1.40. The Labute approximate surface area is 192 Å². The van der Waals surface area contributed by atoms with Crippen LogP contribution < -0.4 is 5.32 Å². The van der Waals surface area contributed by atoms with Crippen LogP contribution >= 0.6 is 0 Å². The molecule has 1 saturated carbocycles. The fourth-order valence-electron chi connectivity index (χ4n) is 3.97. The number of aryl methyl sites for hydroxylation is 1. The number of carbonyl (C=O) groups excluding carboxylic acids is 3. The Bertz CT molecular complexity index is 1020. The summed E-state index contributed by atoms with van der Waals surface area (Å²) >= 11 is 0. The molecule has 2 aromatic rings. The smallest absolute Gasteiger partial charge is 0.274 e. The minimum absolute atomic E-state index is 0.0552. The molecule has 0 unspecified atom stereocenters. The maximum atomic E-state index is 13.2. The van der Waals surface area contributed by atoms with Gasteiger partial charge >= 0.3 is 0 Å². The van der Waals surface area contributed by atoms with Crippen LogP contribution in [0.25, 0.3) is 0 Å². The van der Waals surface area contributed by atoms with Crippen molar-refractivity contribution < 1.29 is 18.8 Å². The first-order valence-corrected chi connectivity index (χ1v) is 11.6. The number of amides is 3. The van der Waals surface area contributed by atoms with Gasteiger partial charge in [-0.25, -0.2) is 4.39 Å². The molecule has 0 saturated heterocycles. The van der Waals surface area contributed by atoms with Gasteiger partial charge in [-0.3, -0.25) is 19.1 Å². The second kappa shape index (κ2) is 10.1. The van der Waals surface area contributed by atoms with Gasteiger partial charge in [-0.2, -0.15) is 5.10 Å². The van der Waals surface area contributed by atoms with E-state index < -0.39 is 0 Å². The Morgan fingerprint density at radius 3 is 2.67 bits per heavy atom. The maximum Gasteiger partial charge on any atom is 0.274 e. The Kier molecular flexibility index (Phi) is 7.05. The average molecular weight is 456 g/mol. The van der Waals surface area contributed by atoms with E-state index in [1.807, 2.05) is 6.92 Å². The standard InChI is InChI=1S/C24H30FN5O3/c1-2-28(13-10-22(31)26-15-17-4-5-17)23(32)20-14-21-24(33)29(11-3-12-30(21)27-20)16-18-6-8-19(25)9-7-18/h6-9,14,17H,2-5,10-13,15-16H2,1H3,(H,26,31). The van der Waals surface area contributed by atoms with Crippen LogP contribution in [0.5, 0.6) is 0 Å². The third-order valence-electron chi connectivity index (χ3n) is 6.15. The van der Waals surface area contributed by atoms with Crippen LogP contribution in [0.2, 0.25) is 0 Å². The summed E-state index contributed by atoms with van der Waals surface area (Å²) in [4.78, 5) is 41.5. The van der Waals surface area contributed by atoms with Crippen molar-refractivity contribution in [1.29, 1.82) is 0 Å². The zero-order valence-corrected chi connectivity index (χ0v) is 18.9. The van der Waals surface area contributed by atoms with Crippen LogP contribution in [0.4, 0.5) is 4.39 Å². The molecule has 0 spiro atoms. The van der Waals surface area contributed by atoms with Gasteiger partial charge in [0.1, 0.15) is 11.5 Å². The zero-order valence-electron chi connectivity index (χ0n) is 18.9. The number of hydrogen-bond acceptors (Lipinski definition) is 4. The Morgan fingerprint density at radius 2 is 1.97 bits per heavy atom. The molecule has 9 heteroatoms. The van der Waals surface area contributed by atoms with E-state index in [1.54, 1.807) is 32.7 Å². The van der Waals surface area contributed by atoms with Crippen LogP contribution in [0.3, 0.4) is 0 Å². The highest BCUT2D eigenvalue weighted by molar-refractivity contribution is 5.98. The number of benzene rings is 1. The highest BCUT2D eigenvalue weighted by Gasteiger charge is 2.28. The van der Waals surface area contributed by atoms with E-state index in [0.29, 0.717) is 57.3 Å². The van der Waals surface area contributed by atoms with Gasteiger partial charge in [-0.15, -0.1) is 0 Å². The number of nitrogens with one attached hydrogen (secondary N) is 1. The minimum Gasteiger partial charge on any atom is -0.356 e. The summed E-state index contributed by atoms with van der Waals surface area (Å²) in [5.41, 5.74) is 1.42. The molecule has 33 heavy (non-hydrogen) atoms. The molecule has 1 fully saturated rings. The highest BCUT2D eigenvalue weighted by Crippen LogP contribution is 2.27. The molecule has 0 radical (unpaired) electrons. The van der Waals surface area contributed by atoms with Gasteiger partial charge in [-0.1, -0.05) is 12.1 Å². The first kappa shape index (κ1) is 22.9. The number of hydrogen-bond donors (Lipinski definition) is 1. The lowest BCUT2D eigenvalue weighted by atomic mass is 10.2. The van der Waals surface area contributed by atoms with Crippen LogP contribution in [0.15, 0.2) is 30.3 Å². The van der Waals surface area contributed by atoms with Gasteiger partial charge in [0, 0.05) is 51.8 Å². The van der Waals surface area contributed by atoms with Crippen molar-refractivity contribution in [3.8, 4) is 0 Å². The summed E-state index contributed by atoms with van der Waals surface area (Å²) in [5, 5.41) is 7.32. The minimum atomic E-state index is -0.317. The molecule has 1 aromatic heterocycles. The van der Waals surface area contributed by atoms with E-state index in [4.69, 9.17) is 0 Å². The summed E-state index contributed by atoms with van der Waals surface area (Å²) in [6, 6.07) is 7.64. The molecule has 1 aromatic carbocycles. The number of fused-ring (bicyclic) bond motifs is 1. The number of rotatable bonds is 9. The van der Waals surface area contributed by atoms with Crippen molar-refractivity contribution in [2.75, 3.05) is 26.2 Å². The normalized spacial score (nSPS) is 15.7. The van der Waals surface area contributed by atoms with Crippen molar-refractivity contribution in [3.63, 3.8) is 0 Å². The summed E-state index contributed by atoms with van der Waals surface area (Å²) in [6.45, 7) is 4.77. The number of carbonyl (C=O) groups is 3. The van der Waals surface area contributed by atoms with Crippen molar-refractivity contribution in [3.05, 3.63) is 53.1 Å². The molecule has 2 heterocycles. The van der Waals surface area contributed by atoms with Gasteiger partial charge in [0.25, 0.3) is 11.8 Å². The summed E-state index contributed by atoms with van der Waals surface area (Å²) in [7, 11) is 0. The second-order valence-corrected chi connectivity index (χ2v) is 8.73. The van der Waals surface area contributed by atoms with E-state index in [2.05, 4.69) is 10.4 Å². The first-order valence-electron chi connectivity index (χ1n) is 11.6. The molecule has 0 atom stereocenters. The van der Waals surface area contributed by atoms with Crippen molar-refractivity contribution in [2.24, 2.45) is 5.92 Å². The van der Waals surface area contributed by atoms with Crippen molar-refractivity contribution in [1.82, 2.24) is 24.9 Å². The highest BCUT2D eigenvalue weighted by atomic mass is 19.1. The number of aromatic nitrogens is 2. The zero-order chi connectivity index (χ0) is 23.4. The Morgan fingerprint density at radius 1 is 1.21 bits per heavy atom. The number of nitrogens with zero attached hydrogens (tertiary/aromatic N) is 4. The predicted octanol–water partition coefficient (Wildman–Crippen LogP) is 2.45. The first-order chi connectivity index (χ1) is 15.9. The van der Waals surface area contributed by atoms with E-state index in [-0.39, 0.29) is 35.7 Å². The molecule has 2 aliphatic rings. The number of halogens is 1. The van der Waals surface area contributed by atoms with E-state index in [1.165, 1.54) is 25.0 Å². The lowest BCUT2D eigenvalue weighted by Crippen LogP contribution is -2.36. The fraction of sp³-hybridized carbons (Fsp3) is 0.500. The molecule has 3 amide bonds. The SMILES string of the molecule is CCN(CCC(=O)NCC1CC1)C(=O)c1cc2n(n1)CCCN(Cc1ccc(F)cc1)C2=O. The molecule has 1 aliphatic carbocycles. The van der Waals surface area contributed by atoms with E-state index in [9.17, 15) is 18.8 Å². The molecule has 8 nitrogen and oxygen atoms in total. The van der Waals surface area contributed by atoms with Crippen LogP contribution in [0.1, 0.15) is 59.1 Å². The monoisotopic (exact) mass is 455 g/mol. The van der Waals surface area contributed by atoms with Gasteiger partial charge < -0.3 is 15.1 Å². The van der Waals surface area contributed by atoms with Crippen LogP contribution in [-0.2, 0) is 17.9 Å². The topological polar surface area (TPSA) is 87.5 Å². The van der Waals surface area contributed by atoms with Crippen molar-refractivity contribution >= 4 is 17.7 Å². The fourth-order valence-corrected chi connectivity index (χ4v) is 3.97. The van der Waals surface area contributed by atoms with E-state index >= 15 is 0 Å². The molecular formula is C24H30FN5O3. The third kappa shape index (κ3) is 5.77. The summed E-state index contributed by atoms with van der Waals surface area (Å²) < 4.78 is 14.8. The maximum absolute atomic E-state index is 13.2. The van der Waals surface area contributed by atoms with Gasteiger partial charge in [0.15, 0.2) is 5.69 Å². The lowest BCUT2D eigenvalue weighted by Gasteiger charge is -2.20. The average Bonchev–Trinajstić information content (AvgIpc) is 3.57. The van der Waals surface area contributed by atoms with Crippen LogP contribution in [0, 0.1) is 11.7 Å². The molecule has 176 valence electrons. The molecule has 1 N–H and O–H groups in total. The Hall–Kier alpha value is -3.23. The van der Waals surface area contributed by atoms with Gasteiger partial charge in [0.2, 0.25) is 5.91 Å². The summed E-state index contributed by atoms with van der Waals surface area (Å²) in [6.07, 6.45) is 3.29.